The monoisotopic (exact) mass is 540 g/mol. The standard InChI is InChI=1S/C34H69NO3/c1-5-8-11-14-17-22-27-33(26-21-16-12-9-6-2)35-34(36)28-23-18-15-20-24-29-37-31-32(4)38-30-25-19-13-10-7-3/h32-33H,5-31H2,1-4H3,(H,35,36). The zero-order valence-electron chi connectivity index (χ0n) is 26.5. The second-order valence-corrected chi connectivity index (χ2v) is 11.7. The molecule has 0 aromatic carbocycles. The first-order valence-electron chi connectivity index (χ1n) is 17.1. The van der Waals surface area contributed by atoms with Crippen LogP contribution in [0.15, 0.2) is 0 Å². The number of carbonyl (C=O) groups excluding carboxylic acids is 1. The number of ether oxygens (including phenoxy) is 2. The summed E-state index contributed by atoms with van der Waals surface area (Å²) in [6.45, 7) is 11.3. The van der Waals surface area contributed by atoms with Crippen molar-refractivity contribution in [2.45, 2.75) is 194 Å². The van der Waals surface area contributed by atoms with E-state index in [0.717, 1.165) is 45.3 Å². The fraction of sp³-hybridized carbons (Fsp3) is 0.971. The van der Waals surface area contributed by atoms with E-state index in [2.05, 4.69) is 33.0 Å². The fourth-order valence-corrected chi connectivity index (χ4v) is 5.06. The molecule has 0 aliphatic rings. The predicted molar refractivity (Wildman–Crippen MR) is 166 cm³/mol. The Morgan fingerprint density at radius 1 is 0.579 bits per heavy atom. The van der Waals surface area contributed by atoms with Crippen LogP contribution in [0, 0.1) is 0 Å². The molecule has 38 heavy (non-hydrogen) atoms. The Morgan fingerprint density at radius 3 is 1.58 bits per heavy atom. The SMILES string of the molecule is CCCCCCCCC(CCCCCCC)NC(=O)CCCCCCCOCC(C)OCCCCCCC. The van der Waals surface area contributed by atoms with Crippen LogP contribution in [0.5, 0.6) is 0 Å². The van der Waals surface area contributed by atoms with Gasteiger partial charge in [-0.1, -0.05) is 136 Å². The van der Waals surface area contributed by atoms with Crippen molar-refractivity contribution < 1.29 is 14.3 Å². The molecule has 0 radical (unpaired) electrons. The molecule has 0 bridgehead atoms. The van der Waals surface area contributed by atoms with Crippen LogP contribution in [0.25, 0.3) is 0 Å². The zero-order chi connectivity index (χ0) is 27.9. The minimum atomic E-state index is 0.195. The van der Waals surface area contributed by atoms with Gasteiger partial charge in [0.15, 0.2) is 0 Å². The average Bonchev–Trinajstić information content (AvgIpc) is 2.91. The van der Waals surface area contributed by atoms with Crippen LogP contribution in [0.4, 0.5) is 0 Å². The lowest BCUT2D eigenvalue weighted by atomic mass is 10.00. The molecule has 0 spiro atoms. The van der Waals surface area contributed by atoms with E-state index < -0.39 is 0 Å². The molecule has 0 rings (SSSR count). The zero-order valence-corrected chi connectivity index (χ0v) is 26.5. The predicted octanol–water partition coefficient (Wildman–Crippen LogP) is 10.3. The van der Waals surface area contributed by atoms with Crippen molar-refractivity contribution in [3.63, 3.8) is 0 Å². The van der Waals surface area contributed by atoms with E-state index in [0.29, 0.717) is 19.1 Å². The lowest BCUT2D eigenvalue weighted by molar-refractivity contribution is -0.122. The minimum absolute atomic E-state index is 0.195. The summed E-state index contributed by atoms with van der Waals surface area (Å²) >= 11 is 0. The smallest absolute Gasteiger partial charge is 0.220 e. The van der Waals surface area contributed by atoms with E-state index in [1.54, 1.807) is 0 Å². The Labute approximate surface area is 239 Å². The van der Waals surface area contributed by atoms with E-state index in [4.69, 9.17) is 9.47 Å². The highest BCUT2D eigenvalue weighted by Crippen LogP contribution is 2.15. The third-order valence-electron chi connectivity index (χ3n) is 7.62. The van der Waals surface area contributed by atoms with E-state index >= 15 is 0 Å². The molecule has 0 saturated carbocycles. The summed E-state index contributed by atoms with van der Waals surface area (Å²) in [5, 5.41) is 3.40. The van der Waals surface area contributed by atoms with Crippen LogP contribution in [0.1, 0.15) is 182 Å². The molecule has 2 atom stereocenters. The van der Waals surface area contributed by atoms with Crippen molar-refractivity contribution in [2.24, 2.45) is 0 Å². The van der Waals surface area contributed by atoms with Gasteiger partial charge in [0.2, 0.25) is 5.91 Å². The second kappa shape index (κ2) is 30.9. The van der Waals surface area contributed by atoms with E-state index in [1.165, 1.54) is 116 Å². The molecule has 0 saturated heterocycles. The van der Waals surface area contributed by atoms with E-state index in [-0.39, 0.29) is 12.0 Å². The lowest BCUT2D eigenvalue weighted by Crippen LogP contribution is -2.34. The molecule has 4 heteroatoms. The molecular formula is C34H69NO3. The van der Waals surface area contributed by atoms with Gasteiger partial charge >= 0.3 is 0 Å². The minimum Gasteiger partial charge on any atom is -0.379 e. The first kappa shape index (κ1) is 37.4. The maximum absolute atomic E-state index is 12.6. The molecule has 0 fully saturated rings. The third kappa shape index (κ3) is 28.4. The average molecular weight is 540 g/mol. The Hall–Kier alpha value is -0.610. The van der Waals surface area contributed by atoms with Gasteiger partial charge in [-0.05, 0) is 39.0 Å². The number of nitrogens with one attached hydrogen (secondary N) is 1. The molecule has 4 nitrogen and oxygen atoms in total. The van der Waals surface area contributed by atoms with Gasteiger partial charge in [-0.3, -0.25) is 4.79 Å². The summed E-state index contributed by atoms with van der Waals surface area (Å²) in [7, 11) is 0. The molecule has 0 heterocycles. The van der Waals surface area contributed by atoms with Gasteiger partial charge in [-0.2, -0.15) is 0 Å². The van der Waals surface area contributed by atoms with Gasteiger partial charge in [-0.15, -0.1) is 0 Å². The van der Waals surface area contributed by atoms with Crippen LogP contribution in [-0.4, -0.2) is 37.9 Å². The topological polar surface area (TPSA) is 47.6 Å². The van der Waals surface area contributed by atoms with Crippen molar-refractivity contribution in [3.8, 4) is 0 Å². The van der Waals surface area contributed by atoms with Gasteiger partial charge in [0.25, 0.3) is 0 Å². The molecular weight excluding hydrogens is 470 g/mol. The number of unbranched alkanes of at least 4 members (excludes halogenated alkanes) is 17. The first-order chi connectivity index (χ1) is 18.6. The summed E-state index contributed by atoms with van der Waals surface area (Å²) in [5.41, 5.74) is 0. The first-order valence-corrected chi connectivity index (χ1v) is 17.1. The number of hydrogen-bond donors (Lipinski definition) is 1. The van der Waals surface area contributed by atoms with Crippen molar-refractivity contribution >= 4 is 5.91 Å². The fourth-order valence-electron chi connectivity index (χ4n) is 5.06. The molecule has 0 aliphatic carbocycles. The van der Waals surface area contributed by atoms with Crippen molar-refractivity contribution in [1.82, 2.24) is 5.32 Å². The van der Waals surface area contributed by atoms with Crippen molar-refractivity contribution in [3.05, 3.63) is 0 Å². The van der Waals surface area contributed by atoms with Gasteiger partial charge < -0.3 is 14.8 Å². The summed E-state index contributed by atoms with van der Waals surface area (Å²) in [6, 6.07) is 0.389. The van der Waals surface area contributed by atoms with Crippen LogP contribution in [-0.2, 0) is 14.3 Å². The van der Waals surface area contributed by atoms with Gasteiger partial charge in [0.05, 0.1) is 12.7 Å². The third-order valence-corrected chi connectivity index (χ3v) is 7.62. The van der Waals surface area contributed by atoms with E-state index in [1.807, 2.05) is 0 Å². The van der Waals surface area contributed by atoms with Crippen molar-refractivity contribution in [2.75, 3.05) is 19.8 Å². The van der Waals surface area contributed by atoms with E-state index in [9.17, 15) is 4.79 Å². The highest BCUT2D eigenvalue weighted by Gasteiger charge is 2.12. The molecule has 228 valence electrons. The number of amides is 1. The van der Waals surface area contributed by atoms with Crippen LogP contribution in [0.2, 0.25) is 0 Å². The summed E-state index contributed by atoms with van der Waals surface area (Å²) in [5.74, 6) is 0.275. The van der Waals surface area contributed by atoms with Crippen LogP contribution >= 0.6 is 0 Å². The normalized spacial score (nSPS) is 13.1. The molecule has 0 aliphatic heterocycles. The Morgan fingerprint density at radius 2 is 1.03 bits per heavy atom. The quantitative estimate of drug-likeness (QED) is 0.0891. The largest absolute Gasteiger partial charge is 0.379 e. The second-order valence-electron chi connectivity index (χ2n) is 11.7. The summed E-state index contributed by atoms with van der Waals surface area (Å²) in [4.78, 5) is 12.6. The van der Waals surface area contributed by atoms with Crippen LogP contribution in [0.3, 0.4) is 0 Å². The Balaban J connectivity index is 3.79. The summed E-state index contributed by atoms with van der Waals surface area (Å²) < 4.78 is 11.7. The maximum atomic E-state index is 12.6. The Kier molecular flexibility index (Phi) is 30.4. The number of rotatable bonds is 31. The van der Waals surface area contributed by atoms with Gasteiger partial charge in [0, 0.05) is 25.7 Å². The number of hydrogen-bond acceptors (Lipinski definition) is 3. The highest BCUT2D eigenvalue weighted by atomic mass is 16.5. The Bertz CT molecular complexity index is 471. The molecule has 0 aromatic rings. The molecule has 2 unspecified atom stereocenters. The highest BCUT2D eigenvalue weighted by molar-refractivity contribution is 5.76. The molecule has 1 N–H and O–H groups in total. The van der Waals surface area contributed by atoms with Gasteiger partial charge in [0.1, 0.15) is 0 Å². The lowest BCUT2D eigenvalue weighted by Gasteiger charge is -2.19. The van der Waals surface area contributed by atoms with Crippen molar-refractivity contribution in [1.29, 1.82) is 0 Å². The molecule has 0 aromatic heterocycles. The number of carbonyl (C=O) groups is 1. The maximum Gasteiger partial charge on any atom is 0.220 e. The molecule has 1 amide bonds. The summed E-state index contributed by atoms with van der Waals surface area (Å²) in [6.07, 6.45) is 29.7. The van der Waals surface area contributed by atoms with Crippen LogP contribution < -0.4 is 5.32 Å². The van der Waals surface area contributed by atoms with Gasteiger partial charge in [-0.25, -0.2) is 0 Å².